The molecule has 0 aromatic rings. The topological polar surface area (TPSA) is 0 Å². The summed E-state index contributed by atoms with van der Waals surface area (Å²) in [6.07, 6.45) is 2.33. The zero-order valence-corrected chi connectivity index (χ0v) is 22.8. The minimum Gasteiger partial charge on any atom is -0.323 e. The van der Waals surface area contributed by atoms with Gasteiger partial charge in [0.05, 0.1) is 0 Å². The molecule has 0 fully saturated rings. The predicted molar refractivity (Wildman–Crippen MR) is 34.0 cm³/mol. The molecule has 12 heavy (non-hydrogen) atoms. The van der Waals surface area contributed by atoms with Crippen LogP contribution in [0.1, 0.15) is 27.7 Å². The maximum absolute atomic E-state index is 2.33. The van der Waals surface area contributed by atoms with Gasteiger partial charge in [0.2, 0.25) is 0 Å². The zero-order chi connectivity index (χ0) is 5.86. The van der Waals surface area contributed by atoms with Gasteiger partial charge in [0.25, 0.3) is 0 Å². The summed E-state index contributed by atoms with van der Waals surface area (Å²) in [4.78, 5) is 0. The monoisotopic (exact) mass is 544 g/mol. The van der Waals surface area contributed by atoms with Crippen molar-refractivity contribution in [3.8, 4) is 0 Å². The summed E-state index contributed by atoms with van der Waals surface area (Å²) in [6.45, 7) is 8.83. The van der Waals surface area contributed by atoms with Crippen LogP contribution in [0.3, 0.4) is 0 Å². The van der Waals surface area contributed by atoms with Crippen molar-refractivity contribution < 1.29 is 164 Å². The molecule has 0 aliphatic heterocycles. The second kappa shape index (κ2) is 25.4. The average Bonchev–Trinajstić information content (AvgIpc) is 1.27. The van der Waals surface area contributed by atoms with Crippen molar-refractivity contribution in [3.63, 3.8) is 0 Å². The molecule has 0 spiro atoms. The molecule has 0 amide bonds. The molecule has 5 heteroatoms. The summed E-state index contributed by atoms with van der Waals surface area (Å²) in [7, 11) is 0. The predicted octanol–water partition coefficient (Wildman–Crippen LogP) is 2.49. The fourth-order valence-electron chi connectivity index (χ4n) is 0.770. The summed E-state index contributed by atoms with van der Waals surface area (Å²) >= 11 is 0. The van der Waals surface area contributed by atoms with E-state index in [9.17, 15) is 0 Å². The van der Waals surface area contributed by atoms with Gasteiger partial charge in [0, 0.05) is 164 Å². The molecule has 59 valence electrons. The van der Waals surface area contributed by atoms with Gasteiger partial charge < -0.3 is 6.42 Å². The van der Waals surface area contributed by atoms with Gasteiger partial charge >= 0.3 is 0 Å². The van der Waals surface area contributed by atoms with E-state index in [-0.39, 0.29) is 164 Å². The fourth-order valence-corrected chi connectivity index (χ4v) is 0.770. The summed E-state index contributed by atoms with van der Waals surface area (Å²) in [5.74, 6) is 1.50. The van der Waals surface area contributed by atoms with Crippen LogP contribution in [0.15, 0.2) is 0 Å². The largest absolute Gasteiger partial charge is 0.323 e. The molecular formula is C7H15Y5-. The van der Waals surface area contributed by atoms with E-state index in [1.807, 2.05) is 0 Å². The van der Waals surface area contributed by atoms with Gasteiger partial charge in [-0.25, -0.2) is 0 Å². The molecule has 0 aromatic heterocycles. The minimum atomic E-state index is 0. The molecule has 0 saturated carbocycles. The van der Waals surface area contributed by atoms with Gasteiger partial charge in [-0.15, -0.1) is 0 Å². The molecule has 0 nitrogen and oxygen atoms in total. The molecule has 0 saturated heterocycles. The minimum absolute atomic E-state index is 0. The molecule has 0 heterocycles. The Morgan fingerprint density at radius 1 is 0.583 bits per heavy atom. The zero-order valence-electron chi connectivity index (χ0n) is 8.62. The molecule has 0 N–H and O–H groups in total. The van der Waals surface area contributed by atoms with E-state index >= 15 is 0 Å². The second-order valence-corrected chi connectivity index (χ2v) is 2.68. The maximum atomic E-state index is 2.33. The Bertz CT molecular complexity index is 41.1. The third-order valence-electron chi connectivity index (χ3n) is 0.770. The Morgan fingerprint density at radius 3 is 0.750 bits per heavy atom. The van der Waals surface area contributed by atoms with Gasteiger partial charge in [-0.2, -0.15) is 11.8 Å². The normalized spacial score (nSPS) is 6.50. The average molecular weight is 544 g/mol. The van der Waals surface area contributed by atoms with E-state index in [0.717, 1.165) is 11.8 Å². The quantitative estimate of drug-likeness (QED) is 0.470. The first-order valence-electron chi connectivity index (χ1n) is 2.98. The van der Waals surface area contributed by atoms with E-state index in [1.54, 1.807) is 0 Å². The van der Waals surface area contributed by atoms with Crippen molar-refractivity contribution in [1.82, 2.24) is 0 Å². The molecule has 0 aliphatic rings. The third kappa shape index (κ3) is 36.1. The summed E-state index contributed by atoms with van der Waals surface area (Å²) in [6, 6.07) is 0. The summed E-state index contributed by atoms with van der Waals surface area (Å²) in [5, 5.41) is 0. The molecule has 5 radical (unpaired) electrons. The first-order valence-corrected chi connectivity index (χ1v) is 2.98. The Kier molecular flexibility index (Phi) is 76.2. The Balaban J connectivity index is -0.0000000180. The standard InChI is InChI=1S/C7H15.5Y/c1-6(2)5-7(3)4;;;;;/h5-7H,1-4H3;;;;;/q-1;;;;;. The molecule has 0 unspecified atom stereocenters. The maximum Gasteiger partial charge on any atom is 0 e. The van der Waals surface area contributed by atoms with Crippen LogP contribution in [-0.2, 0) is 164 Å². The van der Waals surface area contributed by atoms with Crippen LogP contribution < -0.4 is 0 Å². The van der Waals surface area contributed by atoms with Crippen LogP contribution in [-0.4, -0.2) is 0 Å². The van der Waals surface area contributed by atoms with Crippen molar-refractivity contribution in [1.29, 1.82) is 0 Å². The van der Waals surface area contributed by atoms with Gasteiger partial charge in [0.15, 0.2) is 0 Å². The molecule has 0 bridgehead atoms. The first-order chi connectivity index (χ1) is 3.13. The number of rotatable bonds is 2. The molecule has 0 aromatic carbocycles. The van der Waals surface area contributed by atoms with Crippen LogP contribution >= 0.6 is 0 Å². The molecule has 0 aliphatic carbocycles. The number of hydrogen-bond donors (Lipinski definition) is 0. The van der Waals surface area contributed by atoms with Crippen LogP contribution in [0.5, 0.6) is 0 Å². The van der Waals surface area contributed by atoms with Crippen LogP contribution in [0, 0.1) is 18.3 Å². The van der Waals surface area contributed by atoms with Crippen molar-refractivity contribution >= 4 is 0 Å². The molecular weight excluding hydrogens is 529 g/mol. The van der Waals surface area contributed by atoms with Crippen molar-refractivity contribution in [2.75, 3.05) is 0 Å². The van der Waals surface area contributed by atoms with Gasteiger partial charge in [-0.3, -0.25) is 0 Å². The smallest absolute Gasteiger partial charge is 0 e. The third-order valence-corrected chi connectivity index (χ3v) is 0.770. The first kappa shape index (κ1) is 36.0. The fraction of sp³-hybridized carbons (Fsp3) is 0.857. The Labute approximate surface area is 204 Å². The van der Waals surface area contributed by atoms with Crippen molar-refractivity contribution in [2.24, 2.45) is 11.8 Å². The Hall–Kier alpha value is 5.52. The van der Waals surface area contributed by atoms with E-state index in [4.69, 9.17) is 0 Å². The van der Waals surface area contributed by atoms with Gasteiger partial charge in [0.1, 0.15) is 0 Å². The SMILES string of the molecule is CC(C)[CH-]C(C)C.[Y].[Y].[Y].[Y].[Y]. The van der Waals surface area contributed by atoms with Crippen molar-refractivity contribution in [3.05, 3.63) is 6.42 Å². The van der Waals surface area contributed by atoms with E-state index < -0.39 is 0 Å². The van der Waals surface area contributed by atoms with Gasteiger partial charge in [-0.1, -0.05) is 27.7 Å². The van der Waals surface area contributed by atoms with Crippen LogP contribution in [0.4, 0.5) is 0 Å². The molecule has 0 atom stereocenters. The second-order valence-electron chi connectivity index (χ2n) is 2.68. The van der Waals surface area contributed by atoms with E-state index in [2.05, 4.69) is 34.1 Å². The van der Waals surface area contributed by atoms with Crippen LogP contribution in [0.25, 0.3) is 0 Å². The van der Waals surface area contributed by atoms with E-state index in [0.29, 0.717) is 0 Å². The summed E-state index contributed by atoms with van der Waals surface area (Å²) < 4.78 is 0. The van der Waals surface area contributed by atoms with Gasteiger partial charge in [-0.05, 0) is 0 Å². The Morgan fingerprint density at radius 2 is 0.750 bits per heavy atom. The van der Waals surface area contributed by atoms with E-state index in [1.165, 1.54) is 0 Å². The van der Waals surface area contributed by atoms with Crippen molar-refractivity contribution in [2.45, 2.75) is 27.7 Å². The summed E-state index contributed by atoms with van der Waals surface area (Å²) in [5.41, 5.74) is 0. The number of hydrogen-bond acceptors (Lipinski definition) is 0. The molecule has 0 rings (SSSR count). The van der Waals surface area contributed by atoms with Crippen LogP contribution in [0.2, 0.25) is 0 Å².